The lowest BCUT2D eigenvalue weighted by Crippen LogP contribution is -2.63. The summed E-state index contributed by atoms with van der Waals surface area (Å²) in [5, 5.41) is 31.4. The molecule has 1 aliphatic heterocycles. The summed E-state index contributed by atoms with van der Waals surface area (Å²) in [7, 11) is 0. The Kier molecular flexibility index (Phi) is 12.4. The number of ether oxygens (including phenoxy) is 2. The molecule has 7 heteroatoms. The van der Waals surface area contributed by atoms with Gasteiger partial charge in [-0.3, -0.25) is 0 Å². The maximum atomic E-state index is 10.8. The van der Waals surface area contributed by atoms with Gasteiger partial charge in [0.2, 0.25) is 0 Å². The van der Waals surface area contributed by atoms with E-state index in [0.29, 0.717) is 5.41 Å². The van der Waals surface area contributed by atoms with E-state index in [1.807, 2.05) is 0 Å². The first-order chi connectivity index (χ1) is 21.8. The molecule has 5 aliphatic rings. The molecule has 46 heavy (non-hydrogen) atoms. The summed E-state index contributed by atoms with van der Waals surface area (Å²) in [5.41, 5.74) is 8.25. The summed E-state index contributed by atoms with van der Waals surface area (Å²) >= 11 is 4.31. The summed E-state index contributed by atoms with van der Waals surface area (Å²) in [5.74, 6) is 4.98. The smallest absolute Gasteiger partial charge is 0.129 e. The summed E-state index contributed by atoms with van der Waals surface area (Å²) in [6.07, 6.45) is 15.8. The molecule has 0 spiro atoms. The number of unbranched alkanes of at least 4 members (excludes halogenated alkanes) is 2. The number of aliphatic hydroxyl groups is 3. The molecule has 3 saturated carbocycles. The number of allylic oxidation sites excluding steroid dienone is 1. The van der Waals surface area contributed by atoms with Crippen LogP contribution in [0.25, 0.3) is 0 Å². The highest BCUT2D eigenvalue weighted by Gasteiger charge is 2.59. The van der Waals surface area contributed by atoms with Crippen molar-refractivity contribution in [1.29, 1.82) is 0 Å². The minimum atomic E-state index is -1.35. The molecule has 0 aromatic rings. The van der Waals surface area contributed by atoms with Crippen LogP contribution in [0.1, 0.15) is 138 Å². The molecular weight excluding hydrogens is 594 g/mol. The number of nitrogens with two attached hydrogens (primary N) is 1. The largest absolute Gasteiger partial charge is 0.388 e. The molecule has 0 bridgehead atoms. The van der Waals surface area contributed by atoms with Gasteiger partial charge in [-0.05, 0) is 104 Å². The lowest BCUT2D eigenvalue weighted by molar-refractivity contribution is -0.212. The van der Waals surface area contributed by atoms with Crippen LogP contribution in [0.15, 0.2) is 11.6 Å². The second-order valence-electron chi connectivity index (χ2n) is 17.4. The molecule has 1 saturated heterocycles. The van der Waals surface area contributed by atoms with Gasteiger partial charge in [0.15, 0.2) is 0 Å². The first-order valence-corrected chi connectivity index (χ1v) is 19.8. The lowest BCUT2D eigenvalue weighted by atomic mass is 9.47. The van der Waals surface area contributed by atoms with Gasteiger partial charge in [0, 0.05) is 0 Å². The average Bonchev–Trinajstić information content (AvgIpc) is 3.38. The molecular formula is C39H69NO5S. The molecule has 4 fully saturated rings. The van der Waals surface area contributed by atoms with Crippen LogP contribution >= 0.6 is 12.6 Å². The van der Waals surface area contributed by atoms with Crippen molar-refractivity contribution in [2.75, 3.05) is 0 Å². The number of hydrogen-bond acceptors (Lipinski definition) is 7. The van der Waals surface area contributed by atoms with Crippen molar-refractivity contribution in [2.24, 2.45) is 52.1 Å². The minimum absolute atomic E-state index is 0.0907. The molecule has 1 heterocycles. The second-order valence-corrected chi connectivity index (χ2v) is 17.9. The minimum Gasteiger partial charge on any atom is -0.388 e. The first kappa shape index (κ1) is 37.1. The molecule has 0 amide bonds. The van der Waals surface area contributed by atoms with Gasteiger partial charge in [-0.2, -0.15) is 0 Å². The maximum absolute atomic E-state index is 10.8. The Balaban J connectivity index is 1.25. The van der Waals surface area contributed by atoms with E-state index in [1.165, 1.54) is 51.4 Å². The summed E-state index contributed by atoms with van der Waals surface area (Å²) in [4.78, 5) is 0. The van der Waals surface area contributed by atoms with Crippen molar-refractivity contribution in [3.05, 3.63) is 11.6 Å². The van der Waals surface area contributed by atoms with Gasteiger partial charge >= 0.3 is 0 Å². The predicted molar refractivity (Wildman–Crippen MR) is 189 cm³/mol. The SMILES string of the molecule is CCCCCC(OC1CC[C@@]2(C)C(=CC[C@H]3[C@@H]4CC[C@H]([C@H](C)CCCC(C)C)[C@@]4(C)CC[C@@H]32)C1)C(N)[C@H]1O[C@@H](S)[C@H](O)[C@@H](O)[C@H]1O. The van der Waals surface area contributed by atoms with Crippen LogP contribution in [-0.4, -0.2) is 63.4 Å². The zero-order valence-electron chi connectivity index (χ0n) is 29.9. The van der Waals surface area contributed by atoms with Gasteiger partial charge in [0.1, 0.15) is 29.9 Å². The van der Waals surface area contributed by atoms with Crippen molar-refractivity contribution in [1.82, 2.24) is 0 Å². The van der Waals surface area contributed by atoms with Gasteiger partial charge in [0.25, 0.3) is 0 Å². The van der Waals surface area contributed by atoms with Crippen LogP contribution in [0, 0.1) is 46.3 Å². The fraction of sp³-hybridized carbons (Fsp3) is 0.949. The highest BCUT2D eigenvalue weighted by Crippen LogP contribution is 2.67. The number of rotatable bonds is 13. The molecule has 5 rings (SSSR count). The predicted octanol–water partition coefficient (Wildman–Crippen LogP) is 7.43. The van der Waals surface area contributed by atoms with Gasteiger partial charge < -0.3 is 30.5 Å². The third-order valence-corrected chi connectivity index (χ3v) is 14.6. The Morgan fingerprint density at radius 3 is 2.41 bits per heavy atom. The molecule has 15 atom stereocenters. The molecule has 3 unspecified atom stereocenters. The number of hydrogen-bond donors (Lipinski definition) is 5. The van der Waals surface area contributed by atoms with E-state index in [0.717, 1.165) is 80.5 Å². The third-order valence-electron chi connectivity index (χ3n) is 14.2. The zero-order chi connectivity index (χ0) is 33.4. The summed E-state index contributed by atoms with van der Waals surface area (Å²) in [6.45, 7) is 14.7. The molecule has 4 aliphatic carbocycles. The van der Waals surface area contributed by atoms with E-state index in [4.69, 9.17) is 15.2 Å². The van der Waals surface area contributed by atoms with Crippen LogP contribution in [0.2, 0.25) is 0 Å². The normalized spacial score (nSPS) is 44.6. The standard InChI is InChI=1S/C39H69NO5S/c1-7-8-9-13-31(32(40)36-34(42)33(41)35(43)37(46)45-36)44-26-18-20-38(5)25(22-26)14-15-27-29-17-16-28(24(4)12-10-11-23(2)3)39(29,6)21-19-30(27)38/h14,23-24,26-37,41-43,46H,7-13,15-22,40H2,1-6H3/t24-,26?,27+,28-,29+,30+,31?,32?,33+,34-,35-,36-,37+,38+,39-/m1/s1. The Morgan fingerprint density at radius 2 is 1.70 bits per heavy atom. The molecule has 0 radical (unpaired) electrons. The monoisotopic (exact) mass is 663 g/mol. The van der Waals surface area contributed by atoms with Gasteiger partial charge in [-0.15, -0.1) is 12.6 Å². The fourth-order valence-electron chi connectivity index (χ4n) is 11.4. The van der Waals surface area contributed by atoms with Crippen LogP contribution in [0.4, 0.5) is 0 Å². The van der Waals surface area contributed by atoms with Crippen molar-refractivity contribution >= 4 is 12.6 Å². The highest BCUT2D eigenvalue weighted by molar-refractivity contribution is 7.80. The van der Waals surface area contributed by atoms with Gasteiger partial charge in [0.05, 0.1) is 18.2 Å². The van der Waals surface area contributed by atoms with Gasteiger partial charge in [-0.25, -0.2) is 0 Å². The Morgan fingerprint density at radius 1 is 0.935 bits per heavy atom. The summed E-state index contributed by atoms with van der Waals surface area (Å²) < 4.78 is 12.7. The number of fused-ring (bicyclic) bond motifs is 5. The van der Waals surface area contributed by atoms with Crippen LogP contribution < -0.4 is 5.73 Å². The number of thiol groups is 1. The fourth-order valence-corrected chi connectivity index (χ4v) is 11.7. The van der Waals surface area contributed by atoms with Crippen molar-refractivity contribution < 1.29 is 24.8 Å². The van der Waals surface area contributed by atoms with Crippen LogP contribution in [0.3, 0.4) is 0 Å². The molecule has 5 N–H and O–H groups in total. The van der Waals surface area contributed by atoms with E-state index in [2.05, 4.69) is 60.2 Å². The molecule has 6 nitrogen and oxygen atoms in total. The van der Waals surface area contributed by atoms with Crippen LogP contribution in [0.5, 0.6) is 0 Å². The summed E-state index contributed by atoms with van der Waals surface area (Å²) in [6, 6.07) is -0.624. The topological polar surface area (TPSA) is 105 Å². The van der Waals surface area contributed by atoms with E-state index < -0.39 is 35.9 Å². The number of aliphatic hydroxyl groups excluding tert-OH is 3. The van der Waals surface area contributed by atoms with Crippen LogP contribution in [-0.2, 0) is 9.47 Å². The second kappa shape index (κ2) is 15.4. The Labute approximate surface area is 286 Å². The van der Waals surface area contributed by atoms with Crippen molar-refractivity contribution in [2.45, 2.75) is 186 Å². The Bertz CT molecular complexity index is 1020. The van der Waals surface area contributed by atoms with E-state index in [-0.39, 0.29) is 17.6 Å². The van der Waals surface area contributed by atoms with E-state index in [1.54, 1.807) is 5.57 Å². The molecule has 266 valence electrons. The molecule has 0 aromatic carbocycles. The van der Waals surface area contributed by atoms with E-state index >= 15 is 0 Å². The van der Waals surface area contributed by atoms with Crippen molar-refractivity contribution in [3.63, 3.8) is 0 Å². The average molecular weight is 664 g/mol. The Hall–Kier alpha value is -0.150. The highest BCUT2D eigenvalue weighted by atomic mass is 32.1. The lowest BCUT2D eigenvalue weighted by Gasteiger charge is -2.58. The van der Waals surface area contributed by atoms with Crippen molar-refractivity contribution in [3.8, 4) is 0 Å². The zero-order valence-corrected chi connectivity index (χ0v) is 30.8. The molecule has 0 aromatic heterocycles. The maximum Gasteiger partial charge on any atom is 0.129 e. The quantitative estimate of drug-likeness (QED) is 0.0798. The first-order valence-electron chi connectivity index (χ1n) is 19.3. The van der Waals surface area contributed by atoms with Gasteiger partial charge in [-0.1, -0.05) is 91.7 Å². The third kappa shape index (κ3) is 7.32. The van der Waals surface area contributed by atoms with E-state index in [9.17, 15) is 15.3 Å².